The van der Waals surface area contributed by atoms with Crippen molar-refractivity contribution >= 4 is 11.6 Å². The van der Waals surface area contributed by atoms with Gasteiger partial charge in [0.15, 0.2) is 0 Å². The second-order valence-corrected chi connectivity index (χ2v) is 4.36. The molecule has 3 heteroatoms. The Labute approximate surface area is 89.7 Å². The van der Waals surface area contributed by atoms with E-state index in [0.717, 1.165) is 35.8 Å². The first kappa shape index (κ1) is 9.91. The van der Waals surface area contributed by atoms with Crippen LogP contribution in [-0.2, 0) is 12.8 Å². The maximum absolute atomic E-state index is 6.05. The van der Waals surface area contributed by atoms with E-state index in [0.29, 0.717) is 5.15 Å². The number of rotatable bonds is 3. The summed E-state index contributed by atoms with van der Waals surface area (Å²) in [5.41, 5.74) is 2.13. The fourth-order valence-electron chi connectivity index (χ4n) is 1.60. The van der Waals surface area contributed by atoms with E-state index in [1.807, 2.05) is 6.92 Å². The van der Waals surface area contributed by atoms with E-state index >= 15 is 0 Å². The van der Waals surface area contributed by atoms with Gasteiger partial charge in [-0.1, -0.05) is 18.5 Å². The van der Waals surface area contributed by atoms with Crippen molar-refractivity contribution in [3.63, 3.8) is 0 Å². The van der Waals surface area contributed by atoms with E-state index in [4.69, 9.17) is 11.6 Å². The molecule has 0 bridgehead atoms. The van der Waals surface area contributed by atoms with Crippen molar-refractivity contribution < 1.29 is 0 Å². The van der Waals surface area contributed by atoms with Crippen LogP contribution in [0.3, 0.4) is 0 Å². The number of aryl methyl sites for hydroxylation is 1. The lowest BCUT2D eigenvalue weighted by Crippen LogP contribution is -2.03. The van der Waals surface area contributed by atoms with Gasteiger partial charge in [0.1, 0.15) is 11.0 Å². The predicted molar refractivity (Wildman–Crippen MR) is 57.6 cm³/mol. The minimum atomic E-state index is 0.632. The van der Waals surface area contributed by atoms with Crippen LogP contribution in [0, 0.1) is 12.8 Å². The third-order valence-electron chi connectivity index (χ3n) is 2.74. The maximum Gasteiger partial charge on any atom is 0.135 e. The lowest BCUT2D eigenvalue weighted by Gasteiger charge is -2.06. The van der Waals surface area contributed by atoms with Gasteiger partial charge in [0, 0.05) is 17.7 Å². The monoisotopic (exact) mass is 210 g/mol. The molecule has 0 aromatic carbocycles. The van der Waals surface area contributed by atoms with E-state index in [-0.39, 0.29) is 0 Å². The summed E-state index contributed by atoms with van der Waals surface area (Å²) < 4.78 is 0. The minimum Gasteiger partial charge on any atom is -0.238 e. The zero-order chi connectivity index (χ0) is 10.1. The van der Waals surface area contributed by atoms with Gasteiger partial charge in [0.2, 0.25) is 0 Å². The number of hydrogen-bond acceptors (Lipinski definition) is 2. The molecule has 0 N–H and O–H groups in total. The Morgan fingerprint density at radius 2 is 2.07 bits per heavy atom. The first-order chi connectivity index (χ1) is 6.70. The largest absolute Gasteiger partial charge is 0.238 e. The lowest BCUT2D eigenvalue weighted by molar-refractivity contribution is 0.754. The van der Waals surface area contributed by atoms with Crippen LogP contribution < -0.4 is 0 Å². The molecule has 1 aromatic rings. The van der Waals surface area contributed by atoms with Crippen molar-refractivity contribution in [2.45, 2.75) is 39.5 Å². The molecule has 14 heavy (non-hydrogen) atoms. The molecule has 1 aliphatic rings. The molecule has 2 rings (SSSR count). The van der Waals surface area contributed by atoms with Crippen LogP contribution >= 0.6 is 11.6 Å². The van der Waals surface area contributed by atoms with Crippen molar-refractivity contribution in [3.05, 3.63) is 22.2 Å². The summed E-state index contributed by atoms with van der Waals surface area (Å²) in [6.45, 7) is 4.09. The van der Waals surface area contributed by atoms with Gasteiger partial charge in [-0.05, 0) is 32.1 Å². The second-order valence-electron chi connectivity index (χ2n) is 4.00. The summed E-state index contributed by atoms with van der Waals surface area (Å²) in [6, 6.07) is 0. The van der Waals surface area contributed by atoms with E-state index in [1.165, 1.54) is 12.8 Å². The molecule has 0 aliphatic heterocycles. The second kappa shape index (κ2) is 3.85. The fourth-order valence-corrected chi connectivity index (χ4v) is 1.80. The van der Waals surface area contributed by atoms with Gasteiger partial charge >= 0.3 is 0 Å². The highest BCUT2D eigenvalue weighted by molar-refractivity contribution is 6.30. The third-order valence-corrected chi connectivity index (χ3v) is 3.10. The molecule has 1 heterocycles. The molecule has 0 radical (unpaired) electrons. The summed E-state index contributed by atoms with van der Waals surface area (Å²) >= 11 is 6.05. The molecule has 0 amide bonds. The smallest absolute Gasteiger partial charge is 0.135 e. The Morgan fingerprint density at radius 1 is 1.36 bits per heavy atom. The Bertz CT molecular complexity index is 345. The molecule has 0 atom stereocenters. The van der Waals surface area contributed by atoms with Crippen LogP contribution in [-0.4, -0.2) is 9.97 Å². The molecule has 0 unspecified atom stereocenters. The number of halogens is 1. The van der Waals surface area contributed by atoms with Gasteiger partial charge in [-0.25, -0.2) is 9.97 Å². The molecule has 1 aliphatic carbocycles. The van der Waals surface area contributed by atoms with Gasteiger partial charge in [-0.15, -0.1) is 0 Å². The predicted octanol–water partition coefficient (Wildman–Crippen LogP) is 2.95. The number of aromatic nitrogens is 2. The van der Waals surface area contributed by atoms with Crippen LogP contribution in [0.15, 0.2) is 0 Å². The van der Waals surface area contributed by atoms with Gasteiger partial charge in [-0.2, -0.15) is 0 Å². The molecule has 1 saturated carbocycles. The molecule has 76 valence electrons. The molecular weight excluding hydrogens is 196 g/mol. The van der Waals surface area contributed by atoms with Crippen molar-refractivity contribution in [1.82, 2.24) is 9.97 Å². The molecule has 0 spiro atoms. The summed E-state index contributed by atoms with van der Waals surface area (Å²) in [7, 11) is 0. The highest BCUT2D eigenvalue weighted by Crippen LogP contribution is 2.32. The Morgan fingerprint density at radius 3 is 2.64 bits per heavy atom. The molecule has 1 aromatic heterocycles. The zero-order valence-electron chi connectivity index (χ0n) is 8.68. The Kier molecular flexibility index (Phi) is 2.73. The van der Waals surface area contributed by atoms with Gasteiger partial charge in [0.05, 0.1) is 0 Å². The standard InChI is InChI=1S/C11H15ClN2/c1-3-9-7(2)11(12)14-10(13-9)6-8-4-5-8/h8H,3-6H2,1-2H3. The van der Waals surface area contributed by atoms with Crippen LogP contribution in [0.4, 0.5) is 0 Å². The van der Waals surface area contributed by atoms with Gasteiger partial charge in [0.25, 0.3) is 0 Å². The van der Waals surface area contributed by atoms with E-state index in [1.54, 1.807) is 0 Å². The van der Waals surface area contributed by atoms with Crippen molar-refractivity contribution in [2.75, 3.05) is 0 Å². The summed E-state index contributed by atoms with van der Waals surface area (Å²) in [4.78, 5) is 8.85. The Hall–Kier alpha value is -0.630. The molecule has 2 nitrogen and oxygen atoms in total. The highest BCUT2D eigenvalue weighted by Gasteiger charge is 2.23. The van der Waals surface area contributed by atoms with Crippen LogP contribution in [0.5, 0.6) is 0 Å². The summed E-state index contributed by atoms with van der Waals surface area (Å²) in [6.07, 6.45) is 4.60. The van der Waals surface area contributed by atoms with Crippen LogP contribution in [0.2, 0.25) is 5.15 Å². The summed E-state index contributed by atoms with van der Waals surface area (Å²) in [5.74, 6) is 1.75. The normalized spacial score (nSPS) is 15.9. The maximum atomic E-state index is 6.05. The van der Waals surface area contributed by atoms with E-state index in [2.05, 4.69) is 16.9 Å². The van der Waals surface area contributed by atoms with E-state index in [9.17, 15) is 0 Å². The first-order valence-corrected chi connectivity index (χ1v) is 5.60. The topological polar surface area (TPSA) is 25.8 Å². The van der Waals surface area contributed by atoms with Crippen LogP contribution in [0.25, 0.3) is 0 Å². The van der Waals surface area contributed by atoms with Crippen molar-refractivity contribution in [1.29, 1.82) is 0 Å². The van der Waals surface area contributed by atoms with E-state index < -0.39 is 0 Å². The first-order valence-electron chi connectivity index (χ1n) is 5.22. The average molecular weight is 211 g/mol. The molecule has 1 fully saturated rings. The average Bonchev–Trinajstić information content (AvgIpc) is 2.95. The SMILES string of the molecule is CCc1nc(CC2CC2)nc(Cl)c1C. The molecule has 0 saturated heterocycles. The lowest BCUT2D eigenvalue weighted by atomic mass is 10.2. The molecular formula is C11H15ClN2. The third kappa shape index (κ3) is 2.06. The van der Waals surface area contributed by atoms with Crippen molar-refractivity contribution in [3.8, 4) is 0 Å². The van der Waals surface area contributed by atoms with Crippen molar-refractivity contribution in [2.24, 2.45) is 5.92 Å². The zero-order valence-corrected chi connectivity index (χ0v) is 9.43. The van der Waals surface area contributed by atoms with Gasteiger partial charge < -0.3 is 0 Å². The highest BCUT2D eigenvalue weighted by atomic mass is 35.5. The minimum absolute atomic E-state index is 0.632. The number of nitrogens with zero attached hydrogens (tertiary/aromatic N) is 2. The van der Waals surface area contributed by atoms with Crippen LogP contribution in [0.1, 0.15) is 36.8 Å². The quantitative estimate of drug-likeness (QED) is 0.717. The fraction of sp³-hybridized carbons (Fsp3) is 0.636. The Balaban J connectivity index is 2.27. The number of hydrogen-bond donors (Lipinski definition) is 0. The van der Waals surface area contributed by atoms with Gasteiger partial charge in [-0.3, -0.25) is 0 Å². The summed E-state index contributed by atoms with van der Waals surface area (Å²) in [5, 5.41) is 0.632.